The van der Waals surface area contributed by atoms with E-state index in [1.165, 1.54) is 0 Å². The van der Waals surface area contributed by atoms with Crippen molar-refractivity contribution in [2.45, 2.75) is 32.6 Å². The fraction of sp³-hybridized carbons (Fsp3) is 0.727. The predicted molar refractivity (Wildman–Crippen MR) is 53.3 cm³/mol. The lowest BCUT2D eigenvalue weighted by atomic mass is 9.77. The second-order valence-electron chi connectivity index (χ2n) is 3.97. The molecule has 0 aromatic heterocycles. The fourth-order valence-electron chi connectivity index (χ4n) is 1.78. The van der Waals surface area contributed by atoms with Gasteiger partial charge in [0, 0.05) is 24.8 Å². The van der Waals surface area contributed by atoms with E-state index in [-0.39, 0.29) is 5.41 Å². The highest BCUT2D eigenvalue weighted by Gasteiger charge is 2.33. The van der Waals surface area contributed by atoms with E-state index in [1.54, 1.807) is 0 Å². The van der Waals surface area contributed by atoms with Gasteiger partial charge in [-0.2, -0.15) is 0 Å². The smallest absolute Gasteiger partial charge is 0.140 e. The van der Waals surface area contributed by atoms with E-state index >= 15 is 0 Å². The average molecular weight is 179 g/mol. The molecule has 1 aliphatic rings. The second kappa shape index (κ2) is 4.43. The molecular weight excluding hydrogens is 162 g/mol. The molecule has 0 amide bonds. The molecule has 0 saturated carbocycles. The summed E-state index contributed by atoms with van der Waals surface area (Å²) < 4.78 is 0. The molecule has 72 valence electrons. The summed E-state index contributed by atoms with van der Waals surface area (Å²) in [5, 5.41) is 3.26. The van der Waals surface area contributed by atoms with Crippen molar-refractivity contribution in [2.24, 2.45) is 5.41 Å². The molecule has 0 spiro atoms. The van der Waals surface area contributed by atoms with Crippen molar-refractivity contribution >= 4 is 5.78 Å². The van der Waals surface area contributed by atoms with E-state index < -0.39 is 0 Å². The molecule has 0 aromatic carbocycles. The lowest BCUT2D eigenvalue weighted by Crippen LogP contribution is -2.43. The molecular formula is C11H17NO. The highest BCUT2D eigenvalue weighted by atomic mass is 16.1. The molecule has 1 aliphatic heterocycles. The Balaban J connectivity index is 2.47. The molecule has 13 heavy (non-hydrogen) atoms. The molecule has 1 unspecified atom stereocenters. The number of Topliss-reactive ketones (excluding diaryl/α,β-unsaturated/α-hetero) is 1. The molecule has 0 bridgehead atoms. The monoisotopic (exact) mass is 179 g/mol. The van der Waals surface area contributed by atoms with Crippen molar-refractivity contribution < 1.29 is 4.79 Å². The van der Waals surface area contributed by atoms with E-state index in [9.17, 15) is 4.79 Å². The summed E-state index contributed by atoms with van der Waals surface area (Å²) in [6.45, 7) is 3.90. The van der Waals surface area contributed by atoms with Crippen LogP contribution in [0.2, 0.25) is 0 Å². The number of carbonyl (C=O) groups is 1. The number of hydrogen-bond acceptors (Lipinski definition) is 2. The molecule has 2 heteroatoms. The SMILES string of the molecule is C#CCCC(=O)C1(C)CCCNC1. The van der Waals surface area contributed by atoms with Gasteiger partial charge in [-0.15, -0.1) is 12.3 Å². The topological polar surface area (TPSA) is 29.1 Å². The molecule has 1 saturated heterocycles. The Morgan fingerprint density at radius 2 is 2.46 bits per heavy atom. The number of carbonyl (C=O) groups excluding carboxylic acids is 1. The van der Waals surface area contributed by atoms with Gasteiger partial charge in [0.1, 0.15) is 5.78 Å². The Hall–Kier alpha value is -0.810. The van der Waals surface area contributed by atoms with E-state index in [1.807, 2.05) is 6.92 Å². The van der Waals surface area contributed by atoms with Gasteiger partial charge in [0.2, 0.25) is 0 Å². The van der Waals surface area contributed by atoms with Crippen LogP contribution in [-0.2, 0) is 4.79 Å². The molecule has 2 nitrogen and oxygen atoms in total. The van der Waals surface area contributed by atoms with Crippen LogP contribution in [0.3, 0.4) is 0 Å². The van der Waals surface area contributed by atoms with Crippen LogP contribution in [0.25, 0.3) is 0 Å². The lowest BCUT2D eigenvalue weighted by Gasteiger charge is -2.32. The van der Waals surface area contributed by atoms with Gasteiger partial charge in [0.05, 0.1) is 0 Å². The second-order valence-corrected chi connectivity index (χ2v) is 3.97. The van der Waals surface area contributed by atoms with Crippen LogP contribution in [0.5, 0.6) is 0 Å². The molecule has 0 aliphatic carbocycles. The predicted octanol–water partition coefficient (Wildman–Crippen LogP) is 1.36. The molecule has 0 radical (unpaired) electrons. The van der Waals surface area contributed by atoms with Gasteiger partial charge in [-0.3, -0.25) is 4.79 Å². The number of nitrogens with one attached hydrogen (secondary N) is 1. The van der Waals surface area contributed by atoms with Gasteiger partial charge in [-0.05, 0) is 19.4 Å². The van der Waals surface area contributed by atoms with Crippen LogP contribution in [-0.4, -0.2) is 18.9 Å². The van der Waals surface area contributed by atoms with Crippen molar-refractivity contribution in [3.05, 3.63) is 0 Å². The van der Waals surface area contributed by atoms with Crippen LogP contribution >= 0.6 is 0 Å². The van der Waals surface area contributed by atoms with Crippen LogP contribution in [0, 0.1) is 17.8 Å². The number of hydrogen-bond donors (Lipinski definition) is 1. The maximum Gasteiger partial charge on any atom is 0.140 e. The number of piperidine rings is 1. The first-order valence-corrected chi connectivity index (χ1v) is 4.86. The average Bonchev–Trinajstić information content (AvgIpc) is 2.15. The Morgan fingerprint density at radius 3 is 3.00 bits per heavy atom. The zero-order valence-electron chi connectivity index (χ0n) is 8.23. The summed E-state index contributed by atoms with van der Waals surface area (Å²) in [4.78, 5) is 11.7. The Bertz CT molecular complexity index is 221. The van der Waals surface area contributed by atoms with Gasteiger partial charge in [0.25, 0.3) is 0 Å². The van der Waals surface area contributed by atoms with Crippen LogP contribution in [0.1, 0.15) is 32.6 Å². The summed E-state index contributed by atoms with van der Waals surface area (Å²) in [5.41, 5.74) is -0.158. The Kier molecular flexibility index (Phi) is 3.50. The van der Waals surface area contributed by atoms with Crippen molar-refractivity contribution in [2.75, 3.05) is 13.1 Å². The van der Waals surface area contributed by atoms with Crippen molar-refractivity contribution in [1.82, 2.24) is 5.32 Å². The molecule has 1 N–H and O–H groups in total. The van der Waals surface area contributed by atoms with Crippen LogP contribution < -0.4 is 5.32 Å². The molecule has 1 heterocycles. The van der Waals surface area contributed by atoms with Gasteiger partial charge in [-0.25, -0.2) is 0 Å². The van der Waals surface area contributed by atoms with E-state index in [0.717, 1.165) is 25.9 Å². The van der Waals surface area contributed by atoms with E-state index in [2.05, 4.69) is 11.2 Å². The van der Waals surface area contributed by atoms with Gasteiger partial charge >= 0.3 is 0 Å². The van der Waals surface area contributed by atoms with Gasteiger partial charge < -0.3 is 5.32 Å². The summed E-state index contributed by atoms with van der Waals surface area (Å²) in [5.74, 6) is 2.83. The summed E-state index contributed by atoms with van der Waals surface area (Å²) >= 11 is 0. The van der Waals surface area contributed by atoms with Gasteiger partial charge in [-0.1, -0.05) is 6.92 Å². The van der Waals surface area contributed by atoms with Gasteiger partial charge in [0.15, 0.2) is 0 Å². The standard InChI is InChI=1S/C11H17NO/c1-3-4-6-10(13)11(2)7-5-8-12-9-11/h1,12H,4-9H2,2H3. The zero-order chi connectivity index (χ0) is 9.73. The third kappa shape index (κ3) is 2.57. The quantitative estimate of drug-likeness (QED) is 0.663. The first-order valence-electron chi connectivity index (χ1n) is 4.86. The molecule has 1 atom stereocenters. The van der Waals surface area contributed by atoms with E-state index in [4.69, 9.17) is 6.42 Å². The Morgan fingerprint density at radius 1 is 1.69 bits per heavy atom. The molecule has 0 aromatic rings. The third-order valence-electron chi connectivity index (χ3n) is 2.77. The minimum atomic E-state index is -0.158. The first kappa shape index (κ1) is 10.3. The third-order valence-corrected chi connectivity index (χ3v) is 2.77. The number of rotatable bonds is 3. The summed E-state index contributed by atoms with van der Waals surface area (Å²) in [7, 11) is 0. The Labute approximate surface area is 80.1 Å². The highest BCUT2D eigenvalue weighted by Crippen LogP contribution is 2.28. The zero-order valence-corrected chi connectivity index (χ0v) is 8.23. The van der Waals surface area contributed by atoms with Crippen molar-refractivity contribution in [3.63, 3.8) is 0 Å². The maximum atomic E-state index is 11.7. The lowest BCUT2D eigenvalue weighted by molar-refractivity contribution is -0.128. The normalized spacial score (nSPS) is 28.0. The summed E-state index contributed by atoms with van der Waals surface area (Å²) in [6, 6.07) is 0. The minimum absolute atomic E-state index is 0.158. The highest BCUT2D eigenvalue weighted by molar-refractivity contribution is 5.85. The number of terminal acetylenes is 1. The van der Waals surface area contributed by atoms with E-state index in [0.29, 0.717) is 18.6 Å². The summed E-state index contributed by atoms with van der Waals surface area (Å²) in [6.07, 6.45) is 8.34. The van der Waals surface area contributed by atoms with Crippen molar-refractivity contribution in [3.8, 4) is 12.3 Å². The fourth-order valence-corrected chi connectivity index (χ4v) is 1.78. The molecule has 1 fully saturated rings. The largest absolute Gasteiger partial charge is 0.316 e. The van der Waals surface area contributed by atoms with Crippen LogP contribution in [0.4, 0.5) is 0 Å². The number of ketones is 1. The van der Waals surface area contributed by atoms with Crippen LogP contribution in [0.15, 0.2) is 0 Å². The first-order chi connectivity index (χ1) is 6.19. The molecule has 1 rings (SSSR count). The van der Waals surface area contributed by atoms with Crippen molar-refractivity contribution in [1.29, 1.82) is 0 Å². The maximum absolute atomic E-state index is 11.7. The minimum Gasteiger partial charge on any atom is -0.316 e.